The second kappa shape index (κ2) is 6.02. The van der Waals surface area contributed by atoms with E-state index in [1.807, 2.05) is 24.3 Å². The summed E-state index contributed by atoms with van der Waals surface area (Å²) in [6, 6.07) is 10.4. The molecule has 1 nitrogen and oxygen atoms in total. The van der Waals surface area contributed by atoms with Gasteiger partial charge in [0.15, 0.2) is 0 Å². The molecular weight excluding hydrogens is 212 g/mol. The van der Waals surface area contributed by atoms with Crippen molar-refractivity contribution in [2.45, 2.75) is 38.6 Å². The number of hydrogen-bond acceptors (Lipinski definition) is 1. The lowest BCUT2D eigenvalue weighted by Crippen LogP contribution is -2.51. The fraction of sp³-hybridized carbons (Fsp3) is 0.429. The minimum Gasteiger partial charge on any atom is -0.392 e. The van der Waals surface area contributed by atoms with Gasteiger partial charge >= 0.3 is 0 Å². The highest BCUT2D eigenvalue weighted by Gasteiger charge is 2.30. The third kappa shape index (κ3) is 3.32. The molecule has 0 saturated heterocycles. The molecule has 1 atom stereocenters. The Morgan fingerprint density at radius 3 is 2.44 bits per heavy atom. The van der Waals surface area contributed by atoms with Crippen molar-refractivity contribution in [1.29, 1.82) is 0 Å². The first-order valence-electron chi connectivity index (χ1n) is 5.99. The van der Waals surface area contributed by atoms with Crippen LogP contribution < -0.4 is 5.19 Å². The molecule has 16 heavy (non-hydrogen) atoms. The van der Waals surface area contributed by atoms with E-state index in [0.29, 0.717) is 0 Å². The number of unbranched alkanes of at least 4 members (excludes halogenated alkanes) is 1. The predicted molar refractivity (Wildman–Crippen MR) is 73.6 cm³/mol. The maximum absolute atomic E-state index is 10.2. The summed E-state index contributed by atoms with van der Waals surface area (Å²) in [6.07, 6.45) is 6.26. The van der Waals surface area contributed by atoms with Crippen molar-refractivity contribution in [2.24, 2.45) is 0 Å². The van der Waals surface area contributed by atoms with Crippen LogP contribution >= 0.6 is 0 Å². The van der Waals surface area contributed by atoms with E-state index in [2.05, 4.69) is 38.2 Å². The Hall–Kier alpha value is -0.863. The summed E-state index contributed by atoms with van der Waals surface area (Å²) in [4.78, 5) is 0. The van der Waals surface area contributed by atoms with Gasteiger partial charge in [-0.3, -0.25) is 0 Å². The largest absolute Gasteiger partial charge is 0.392 e. The molecule has 1 aromatic carbocycles. The van der Waals surface area contributed by atoms with E-state index in [-0.39, 0.29) is 5.73 Å². The van der Waals surface area contributed by atoms with Gasteiger partial charge in [0.2, 0.25) is 0 Å². The fourth-order valence-corrected chi connectivity index (χ4v) is 3.68. The smallest absolute Gasteiger partial charge is 0.118 e. The minimum atomic E-state index is -1.76. The monoisotopic (exact) mass is 234 g/mol. The number of rotatable bonds is 5. The molecule has 0 fully saturated rings. The van der Waals surface area contributed by atoms with Crippen molar-refractivity contribution < 1.29 is 5.11 Å². The summed E-state index contributed by atoms with van der Waals surface area (Å²) in [7, 11) is -1.76. The summed E-state index contributed by atoms with van der Waals surface area (Å²) >= 11 is 0. The molecule has 1 aromatic rings. The van der Waals surface area contributed by atoms with Crippen LogP contribution in [0.25, 0.3) is 0 Å². The van der Waals surface area contributed by atoms with Crippen molar-refractivity contribution in [3.05, 3.63) is 42.5 Å². The van der Waals surface area contributed by atoms with Crippen LogP contribution in [0.5, 0.6) is 0 Å². The minimum absolute atomic E-state index is 0.290. The lowest BCUT2D eigenvalue weighted by molar-refractivity contribution is 0.292. The van der Waals surface area contributed by atoms with Crippen LogP contribution in [0, 0.1) is 0 Å². The Bertz CT molecular complexity index is 330. The highest BCUT2D eigenvalue weighted by Crippen LogP contribution is 2.10. The molecule has 0 heterocycles. The van der Waals surface area contributed by atoms with Crippen LogP contribution in [0.15, 0.2) is 42.5 Å². The SMILES string of the molecule is CCC/C=C/[C@H](O)[Si](C)(C)c1ccccc1. The first-order valence-corrected chi connectivity index (χ1v) is 9.07. The normalized spacial score (nSPS) is 14.2. The van der Waals surface area contributed by atoms with E-state index in [0.717, 1.165) is 12.8 Å². The van der Waals surface area contributed by atoms with Crippen LogP contribution in [0.2, 0.25) is 13.1 Å². The number of aliphatic hydroxyl groups is 1. The van der Waals surface area contributed by atoms with Gasteiger partial charge in [0.25, 0.3) is 0 Å². The molecule has 0 aromatic heterocycles. The highest BCUT2D eigenvalue weighted by molar-refractivity contribution is 6.91. The molecule has 0 aliphatic heterocycles. The number of hydrogen-bond donors (Lipinski definition) is 1. The van der Waals surface area contributed by atoms with Crippen molar-refractivity contribution >= 4 is 13.3 Å². The highest BCUT2D eigenvalue weighted by atomic mass is 28.3. The number of allylic oxidation sites excluding steroid dienone is 1. The Balaban J connectivity index is 2.77. The van der Waals surface area contributed by atoms with Gasteiger partial charge in [-0.25, -0.2) is 0 Å². The van der Waals surface area contributed by atoms with Crippen molar-refractivity contribution in [3.8, 4) is 0 Å². The Kier molecular flexibility index (Phi) is 4.96. The van der Waals surface area contributed by atoms with Gasteiger partial charge in [-0.2, -0.15) is 0 Å². The topological polar surface area (TPSA) is 20.2 Å². The fourth-order valence-electron chi connectivity index (χ4n) is 1.67. The molecule has 1 rings (SSSR count). The molecule has 1 N–H and O–H groups in total. The van der Waals surface area contributed by atoms with Crippen LogP contribution in [0.4, 0.5) is 0 Å². The van der Waals surface area contributed by atoms with E-state index < -0.39 is 8.07 Å². The second-order valence-electron chi connectivity index (χ2n) is 4.75. The molecule has 0 aliphatic rings. The Morgan fingerprint density at radius 2 is 1.88 bits per heavy atom. The summed E-state index contributed by atoms with van der Waals surface area (Å²) in [5.41, 5.74) is -0.290. The van der Waals surface area contributed by atoms with Gasteiger partial charge in [0, 0.05) is 0 Å². The number of aliphatic hydroxyl groups excluding tert-OH is 1. The zero-order chi connectivity index (χ0) is 12.0. The Labute approximate surface area is 99.8 Å². The quantitative estimate of drug-likeness (QED) is 0.613. The summed E-state index contributed by atoms with van der Waals surface area (Å²) in [5, 5.41) is 11.5. The molecular formula is C14H22OSi. The zero-order valence-corrected chi connectivity index (χ0v) is 11.5. The van der Waals surface area contributed by atoms with Crippen molar-refractivity contribution in [3.63, 3.8) is 0 Å². The van der Waals surface area contributed by atoms with Crippen LogP contribution in [-0.4, -0.2) is 18.9 Å². The maximum Gasteiger partial charge on any atom is 0.118 e. The van der Waals surface area contributed by atoms with Gasteiger partial charge in [0.1, 0.15) is 8.07 Å². The van der Waals surface area contributed by atoms with E-state index in [9.17, 15) is 5.11 Å². The third-order valence-corrected chi connectivity index (χ3v) is 6.52. The van der Waals surface area contributed by atoms with Gasteiger partial charge < -0.3 is 5.11 Å². The first-order chi connectivity index (χ1) is 7.59. The standard InChI is InChI=1S/C14H22OSi/c1-4-5-7-12-14(15)16(2,3)13-10-8-6-9-11-13/h6-12,14-15H,4-5H2,1-3H3/b12-7+/t14-/m1/s1. The average molecular weight is 234 g/mol. The molecule has 0 amide bonds. The molecule has 0 spiro atoms. The molecule has 0 bridgehead atoms. The first kappa shape index (κ1) is 13.2. The summed E-state index contributed by atoms with van der Waals surface area (Å²) in [5.74, 6) is 0. The molecule has 0 radical (unpaired) electrons. The lowest BCUT2D eigenvalue weighted by atomic mass is 10.3. The number of benzene rings is 1. The zero-order valence-electron chi connectivity index (χ0n) is 10.5. The van der Waals surface area contributed by atoms with Crippen LogP contribution in [-0.2, 0) is 0 Å². The predicted octanol–water partition coefficient (Wildman–Crippen LogP) is 2.86. The molecule has 0 unspecified atom stereocenters. The third-order valence-electron chi connectivity index (χ3n) is 3.03. The van der Waals surface area contributed by atoms with Crippen molar-refractivity contribution in [2.75, 3.05) is 0 Å². The van der Waals surface area contributed by atoms with Gasteiger partial charge in [-0.1, -0.05) is 74.1 Å². The molecule has 88 valence electrons. The van der Waals surface area contributed by atoms with E-state index in [1.165, 1.54) is 5.19 Å². The van der Waals surface area contributed by atoms with Gasteiger partial charge in [-0.15, -0.1) is 0 Å². The van der Waals surface area contributed by atoms with E-state index in [1.54, 1.807) is 0 Å². The van der Waals surface area contributed by atoms with Gasteiger partial charge in [0.05, 0.1) is 5.73 Å². The van der Waals surface area contributed by atoms with Gasteiger partial charge in [-0.05, 0) is 6.42 Å². The Morgan fingerprint density at radius 1 is 1.25 bits per heavy atom. The maximum atomic E-state index is 10.2. The van der Waals surface area contributed by atoms with E-state index in [4.69, 9.17) is 0 Å². The summed E-state index contributed by atoms with van der Waals surface area (Å²) in [6.45, 7) is 6.57. The van der Waals surface area contributed by atoms with Crippen LogP contribution in [0.3, 0.4) is 0 Å². The van der Waals surface area contributed by atoms with Crippen LogP contribution in [0.1, 0.15) is 19.8 Å². The lowest BCUT2D eigenvalue weighted by Gasteiger charge is -2.26. The molecule has 2 heteroatoms. The average Bonchev–Trinajstić information content (AvgIpc) is 2.30. The molecule has 0 aliphatic carbocycles. The molecule has 0 saturated carbocycles. The van der Waals surface area contributed by atoms with E-state index >= 15 is 0 Å². The summed E-state index contributed by atoms with van der Waals surface area (Å²) < 4.78 is 0. The second-order valence-corrected chi connectivity index (χ2v) is 9.36. The van der Waals surface area contributed by atoms with Crippen molar-refractivity contribution in [1.82, 2.24) is 0 Å².